The van der Waals surface area contributed by atoms with Gasteiger partial charge in [0.2, 0.25) is 11.8 Å². The van der Waals surface area contributed by atoms with Crippen molar-refractivity contribution in [2.75, 3.05) is 32.5 Å². The molecule has 0 spiro atoms. The van der Waals surface area contributed by atoms with Crippen LogP contribution >= 0.6 is 11.6 Å². The topological polar surface area (TPSA) is 52.7 Å². The van der Waals surface area contributed by atoms with Crippen LogP contribution in [0.15, 0.2) is 18.2 Å². The van der Waals surface area contributed by atoms with Gasteiger partial charge in [0.25, 0.3) is 0 Å². The Morgan fingerprint density at radius 2 is 1.96 bits per heavy atom. The van der Waals surface area contributed by atoms with Crippen LogP contribution in [0, 0.1) is 11.7 Å². The number of piperidine rings is 1. The van der Waals surface area contributed by atoms with Crippen molar-refractivity contribution >= 4 is 29.1 Å². The van der Waals surface area contributed by atoms with Crippen molar-refractivity contribution in [2.45, 2.75) is 25.8 Å². The van der Waals surface area contributed by atoms with Crippen LogP contribution < -0.4 is 5.32 Å². The molecule has 5 nitrogen and oxygen atoms in total. The highest BCUT2D eigenvalue weighted by Gasteiger charge is 2.30. The number of likely N-dealkylation sites (tertiary alicyclic amines) is 1. The summed E-state index contributed by atoms with van der Waals surface area (Å²) in [5.74, 6) is -0.659. The molecule has 0 aromatic heterocycles. The molecule has 0 bridgehead atoms. The average molecular weight is 356 g/mol. The zero-order chi connectivity index (χ0) is 17.9. The van der Waals surface area contributed by atoms with E-state index in [4.69, 9.17) is 11.6 Å². The lowest BCUT2D eigenvalue weighted by atomic mass is 9.94. The molecule has 7 heteroatoms. The number of nitrogens with zero attached hydrogens (tertiary/aromatic N) is 2. The lowest BCUT2D eigenvalue weighted by Crippen LogP contribution is -2.48. The van der Waals surface area contributed by atoms with Gasteiger partial charge in [-0.25, -0.2) is 4.39 Å². The van der Waals surface area contributed by atoms with Gasteiger partial charge in [-0.15, -0.1) is 0 Å². The van der Waals surface area contributed by atoms with E-state index in [1.54, 1.807) is 25.9 Å². The van der Waals surface area contributed by atoms with Crippen LogP contribution in [-0.2, 0) is 9.59 Å². The van der Waals surface area contributed by atoms with E-state index < -0.39 is 11.9 Å². The minimum atomic E-state index is -0.518. The molecule has 0 saturated carbocycles. The molecule has 132 valence electrons. The van der Waals surface area contributed by atoms with Gasteiger partial charge < -0.3 is 10.2 Å². The Labute approximate surface area is 146 Å². The molecular formula is C17H23ClFN3O2. The van der Waals surface area contributed by atoms with Crippen molar-refractivity contribution in [1.29, 1.82) is 0 Å². The highest BCUT2D eigenvalue weighted by Crippen LogP contribution is 2.23. The molecule has 1 aromatic rings. The summed E-state index contributed by atoms with van der Waals surface area (Å²) in [7, 11) is 3.51. The Morgan fingerprint density at radius 3 is 2.54 bits per heavy atom. The second kappa shape index (κ2) is 7.94. The first-order valence-electron chi connectivity index (χ1n) is 8.00. The lowest BCUT2D eigenvalue weighted by molar-refractivity contribution is -0.134. The standard InChI is InChI=1S/C17H23ClFN3O2/c1-11(16(23)20-15-10-13(18)4-5-14(15)19)22-8-6-12(7-9-22)17(24)21(2)3/h4-5,10-12H,6-9H2,1-3H3,(H,20,23). The molecule has 0 aliphatic carbocycles. The maximum Gasteiger partial charge on any atom is 0.241 e. The van der Waals surface area contributed by atoms with Gasteiger partial charge in [0.1, 0.15) is 5.82 Å². The van der Waals surface area contributed by atoms with Gasteiger partial charge in [0.05, 0.1) is 11.7 Å². The SMILES string of the molecule is CC(C(=O)Nc1cc(Cl)ccc1F)N1CCC(C(=O)N(C)C)CC1. The minimum Gasteiger partial charge on any atom is -0.349 e. The van der Waals surface area contributed by atoms with E-state index in [0.717, 1.165) is 12.8 Å². The first-order valence-corrected chi connectivity index (χ1v) is 8.38. The Balaban J connectivity index is 1.92. The number of amides is 2. The van der Waals surface area contributed by atoms with Crippen molar-refractivity contribution in [2.24, 2.45) is 5.92 Å². The van der Waals surface area contributed by atoms with Crippen LogP contribution in [0.3, 0.4) is 0 Å². The van der Waals surface area contributed by atoms with Crippen LogP contribution in [0.25, 0.3) is 0 Å². The van der Waals surface area contributed by atoms with Gasteiger partial charge in [-0.1, -0.05) is 11.6 Å². The second-order valence-electron chi connectivity index (χ2n) is 6.33. The van der Waals surface area contributed by atoms with Crippen LogP contribution in [-0.4, -0.2) is 54.8 Å². The van der Waals surface area contributed by atoms with Crippen molar-refractivity contribution in [3.8, 4) is 0 Å². The van der Waals surface area contributed by atoms with E-state index in [0.29, 0.717) is 18.1 Å². The number of carbonyl (C=O) groups excluding carboxylic acids is 2. The number of benzene rings is 1. The van der Waals surface area contributed by atoms with E-state index in [-0.39, 0.29) is 23.4 Å². The zero-order valence-electron chi connectivity index (χ0n) is 14.2. The number of halogens is 2. The third-order valence-electron chi connectivity index (χ3n) is 4.43. The summed E-state index contributed by atoms with van der Waals surface area (Å²) in [6.07, 6.45) is 1.44. The highest BCUT2D eigenvalue weighted by molar-refractivity contribution is 6.30. The third kappa shape index (κ3) is 4.45. The van der Waals surface area contributed by atoms with Gasteiger partial charge in [-0.3, -0.25) is 14.5 Å². The Kier molecular flexibility index (Phi) is 6.18. The third-order valence-corrected chi connectivity index (χ3v) is 4.67. The van der Waals surface area contributed by atoms with Gasteiger partial charge in [-0.2, -0.15) is 0 Å². The van der Waals surface area contributed by atoms with Gasteiger partial charge in [0.15, 0.2) is 0 Å². The Morgan fingerprint density at radius 1 is 1.33 bits per heavy atom. The molecule has 1 atom stereocenters. The molecule has 1 fully saturated rings. The molecule has 1 aliphatic heterocycles. The Hall–Kier alpha value is -1.66. The van der Waals surface area contributed by atoms with Crippen LogP contribution in [0.2, 0.25) is 5.02 Å². The maximum atomic E-state index is 13.7. The molecule has 24 heavy (non-hydrogen) atoms. The van der Waals surface area contributed by atoms with Crippen molar-refractivity contribution < 1.29 is 14.0 Å². The van der Waals surface area contributed by atoms with Crippen LogP contribution in [0.5, 0.6) is 0 Å². The molecule has 2 amide bonds. The Bertz CT molecular complexity index is 616. The summed E-state index contributed by atoms with van der Waals surface area (Å²) >= 11 is 5.84. The lowest BCUT2D eigenvalue weighted by Gasteiger charge is -2.35. The first-order chi connectivity index (χ1) is 11.3. The monoisotopic (exact) mass is 355 g/mol. The van der Waals surface area contributed by atoms with Crippen molar-refractivity contribution in [1.82, 2.24) is 9.80 Å². The predicted octanol–water partition coefficient (Wildman–Crippen LogP) is 2.61. The summed E-state index contributed by atoms with van der Waals surface area (Å²) in [6, 6.07) is 3.64. The van der Waals surface area contributed by atoms with E-state index >= 15 is 0 Å². The first kappa shape index (κ1) is 18.7. The molecule has 1 aliphatic rings. The quantitative estimate of drug-likeness (QED) is 0.903. The van der Waals surface area contributed by atoms with Gasteiger partial charge in [0, 0.05) is 25.0 Å². The number of rotatable bonds is 4. The minimum absolute atomic E-state index is 0.0110. The molecule has 0 radical (unpaired) electrons. The summed E-state index contributed by atoms with van der Waals surface area (Å²) in [6.45, 7) is 3.11. The highest BCUT2D eigenvalue weighted by atomic mass is 35.5. The van der Waals surface area contributed by atoms with Crippen molar-refractivity contribution in [3.63, 3.8) is 0 Å². The molecule has 1 aromatic carbocycles. The van der Waals surface area contributed by atoms with Crippen LogP contribution in [0.1, 0.15) is 19.8 Å². The molecule has 1 heterocycles. The fourth-order valence-corrected chi connectivity index (χ4v) is 3.07. The van der Waals surface area contributed by atoms with E-state index in [2.05, 4.69) is 5.32 Å². The van der Waals surface area contributed by atoms with E-state index in [9.17, 15) is 14.0 Å². The summed E-state index contributed by atoms with van der Waals surface area (Å²) < 4.78 is 13.7. The van der Waals surface area contributed by atoms with E-state index in [1.165, 1.54) is 18.2 Å². The second-order valence-corrected chi connectivity index (χ2v) is 6.77. The number of hydrogen-bond acceptors (Lipinski definition) is 3. The van der Waals surface area contributed by atoms with Gasteiger partial charge in [-0.05, 0) is 51.1 Å². The normalized spacial score (nSPS) is 17.4. The van der Waals surface area contributed by atoms with Crippen molar-refractivity contribution in [3.05, 3.63) is 29.0 Å². The van der Waals surface area contributed by atoms with Crippen LogP contribution in [0.4, 0.5) is 10.1 Å². The van der Waals surface area contributed by atoms with E-state index in [1.807, 2.05) is 4.90 Å². The zero-order valence-corrected chi connectivity index (χ0v) is 14.9. The number of carbonyl (C=O) groups is 2. The largest absolute Gasteiger partial charge is 0.349 e. The predicted molar refractivity (Wildman–Crippen MR) is 92.5 cm³/mol. The molecule has 1 saturated heterocycles. The molecule has 1 unspecified atom stereocenters. The fourth-order valence-electron chi connectivity index (χ4n) is 2.90. The summed E-state index contributed by atoms with van der Waals surface area (Å²) in [4.78, 5) is 28.0. The molecule has 2 rings (SSSR count). The number of anilines is 1. The molecular weight excluding hydrogens is 333 g/mol. The number of hydrogen-bond donors (Lipinski definition) is 1. The average Bonchev–Trinajstić information content (AvgIpc) is 2.56. The fraction of sp³-hybridized carbons (Fsp3) is 0.529. The number of nitrogens with one attached hydrogen (secondary N) is 1. The smallest absolute Gasteiger partial charge is 0.241 e. The maximum absolute atomic E-state index is 13.7. The van der Waals surface area contributed by atoms with Gasteiger partial charge >= 0.3 is 0 Å². The summed E-state index contributed by atoms with van der Waals surface area (Å²) in [5, 5.41) is 2.95. The summed E-state index contributed by atoms with van der Waals surface area (Å²) in [5.41, 5.74) is 0.0806. The molecule has 1 N–H and O–H groups in total.